The highest BCUT2D eigenvalue weighted by molar-refractivity contribution is 7.80. The van der Waals surface area contributed by atoms with Crippen LogP contribution in [-0.4, -0.2) is 16.1 Å². The molecule has 0 heterocycles. The first-order valence-electron chi connectivity index (χ1n) is 4.43. The maximum atomic E-state index is 11.0. The Kier molecular flexibility index (Phi) is 3.26. The van der Waals surface area contributed by atoms with Crippen LogP contribution in [0.4, 0.5) is 5.69 Å². The molecule has 80 valence electrons. The molecule has 4 nitrogen and oxygen atoms in total. The Morgan fingerprint density at radius 2 is 2.13 bits per heavy atom. The van der Waals surface area contributed by atoms with Crippen LogP contribution in [0.1, 0.15) is 28.4 Å². The van der Waals surface area contributed by atoms with Crippen LogP contribution in [0.25, 0.3) is 0 Å². The molecule has 0 amide bonds. The predicted octanol–water partition coefficient (Wildman–Crippen LogP) is 1.16. The van der Waals surface area contributed by atoms with E-state index in [1.165, 1.54) is 0 Å². The standard InChI is InChI=1S/C10H12N2O2S/c1-2-5-3-4-6(9(12)15)8(11)7(5)10(13)14/h3-4H,2,11H2,1H3,(H2,12,15)(H,13,14). The first-order chi connectivity index (χ1) is 6.99. The van der Waals surface area contributed by atoms with Crippen LogP contribution in [-0.2, 0) is 6.42 Å². The molecule has 0 bridgehead atoms. The molecule has 0 saturated carbocycles. The van der Waals surface area contributed by atoms with Gasteiger partial charge < -0.3 is 16.6 Å². The number of aromatic carboxylic acids is 1. The summed E-state index contributed by atoms with van der Waals surface area (Å²) in [5.74, 6) is -1.05. The second-order valence-corrected chi connectivity index (χ2v) is 3.52. The largest absolute Gasteiger partial charge is 0.478 e. The number of anilines is 1. The average Bonchev–Trinajstić information content (AvgIpc) is 2.15. The van der Waals surface area contributed by atoms with Gasteiger partial charge in [0.15, 0.2) is 0 Å². The predicted molar refractivity (Wildman–Crippen MR) is 63.1 cm³/mol. The van der Waals surface area contributed by atoms with Crippen molar-refractivity contribution in [1.29, 1.82) is 0 Å². The number of benzene rings is 1. The van der Waals surface area contributed by atoms with Crippen LogP contribution >= 0.6 is 12.2 Å². The lowest BCUT2D eigenvalue weighted by Gasteiger charge is -2.10. The Morgan fingerprint density at radius 3 is 2.53 bits per heavy atom. The SMILES string of the molecule is CCc1ccc(C(N)=S)c(N)c1C(=O)O. The fourth-order valence-corrected chi connectivity index (χ4v) is 1.60. The Balaban J connectivity index is 3.49. The molecule has 15 heavy (non-hydrogen) atoms. The van der Waals surface area contributed by atoms with Crippen molar-refractivity contribution in [3.8, 4) is 0 Å². The fraction of sp³-hybridized carbons (Fsp3) is 0.200. The van der Waals surface area contributed by atoms with Gasteiger partial charge in [-0.05, 0) is 18.1 Å². The topological polar surface area (TPSA) is 89.3 Å². The van der Waals surface area contributed by atoms with E-state index in [4.69, 9.17) is 28.8 Å². The van der Waals surface area contributed by atoms with Crippen LogP contribution in [0.3, 0.4) is 0 Å². The molecule has 0 atom stereocenters. The van der Waals surface area contributed by atoms with Gasteiger partial charge in [-0.1, -0.05) is 25.2 Å². The summed E-state index contributed by atoms with van der Waals surface area (Å²) in [6, 6.07) is 3.34. The van der Waals surface area contributed by atoms with Crippen molar-refractivity contribution in [2.24, 2.45) is 5.73 Å². The molecule has 0 spiro atoms. The summed E-state index contributed by atoms with van der Waals surface area (Å²) in [6.07, 6.45) is 0.601. The van der Waals surface area contributed by atoms with E-state index >= 15 is 0 Å². The van der Waals surface area contributed by atoms with E-state index in [-0.39, 0.29) is 16.2 Å². The summed E-state index contributed by atoms with van der Waals surface area (Å²) in [4.78, 5) is 11.1. The van der Waals surface area contributed by atoms with E-state index < -0.39 is 5.97 Å². The lowest BCUT2D eigenvalue weighted by Crippen LogP contribution is -2.16. The third-order valence-electron chi connectivity index (χ3n) is 2.19. The van der Waals surface area contributed by atoms with Gasteiger partial charge in [0, 0.05) is 5.56 Å². The molecule has 0 radical (unpaired) electrons. The molecule has 1 aromatic carbocycles. The van der Waals surface area contributed by atoms with E-state index in [0.717, 1.165) is 0 Å². The third kappa shape index (κ3) is 2.07. The lowest BCUT2D eigenvalue weighted by molar-refractivity contribution is 0.0697. The van der Waals surface area contributed by atoms with Gasteiger partial charge in [0.25, 0.3) is 0 Å². The van der Waals surface area contributed by atoms with Crippen LogP contribution in [0.2, 0.25) is 0 Å². The summed E-state index contributed by atoms with van der Waals surface area (Å²) in [5, 5.41) is 9.02. The van der Waals surface area contributed by atoms with Crippen LogP contribution in [0.15, 0.2) is 12.1 Å². The molecule has 1 aromatic rings. The molecule has 1 rings (SSSR count). The Morgan fingerprint density at radius 1 is 1.53 bits per heavy atom. The minimum absolute atomic E-state index is 0.0998. The lowest BCUT2D eigenvalue weighted by atomic mass is 9.99. The van der Waals surface area contributed by atoms with Gasteiger partial charge in [-0.25, -0.2) is 4.79 Å². The van der Waals surface area contributed by atoms with Crippen molar-refractivity contribution >= 4 is 28.9 Å². The zero-order chi connectivity index (χ0) is 11.6. The Bertz CT molecular complexity index is 430. The normalized spacial score (nSPS) is 9.93. The summed E-state index contributed by atoms with van der Waals surface area (Å²) in [6.45, 7) is 1.86. The van der Waals surface area contributed by atoms with Crippen LogP contribution in [0, 0.1) is 0 Å². The van der Waals surface area contributed by atoms with Crippen molar-refractivity contribution in [3.05, 3.63) is 28.8 Å². The second kappa shape index (κ2) is 4.27. The van der Waals surface area contributed by atoms with Gasteiger partial charge in [-0.3, -0.25) is 0 Å². The number of carbonyl (C=O) groups is 1. The van der Waals surface area contributed by atoms with Crippen molar-refractivity contribution < 1.29 is 9.90 Å². The zero-order valence-electron chi connectivity index (χ0n) is 8.28. The molecule has 0 aromatic heterocycles. The number of aryl methyl sites for hydroxylation is 1. The molecule has 0 fully saturated rings. The minimum atomic E-state index is -1.05. The smallest absolute Gasteiger partial charge is 0.338 e. The molecule has 0 aliphatic heterocycles. The summed E-state index contributed by atoms with van der Waals surface area (Å²) < 4.78 is 0. The highest BCUT2D eigenvalue weighted by atomic mass is 32.1. The number of hydrogen-bond donors (Lipinski definition) is 3. The zero-order valence-corrected chi connectivity index (χ0v) is 9.10. The number of rotatable bonds is 3. The van der Waals surface area contributed by atoms with Gasteiger partial charge in [0.05, 0.1) is 11.3 Å². The number of nitrogen functional groups attached to an aromatic ring is 1. The van der Waals surface area contributed by atoms with Gasteiger partial charge in [-0.2, -0.15) is 0 Å². The Hall–Kier alpha value is -1.62. The maximum absolute atomic E-state index is 11.0. The molecular weight excluding hydrogens is 212 g/mol. The molecule has 0 saturated heterocycles. The fourth-order valence-electron chi connectivity index (χ4n) is 1.43. The van der Waals surface area contributed by atoms with Crippen molar-refractivity contribution in [1.82, 2.24) is 0 Å². The van der Waals surface area contributed by atoms with Gasteiger partial charge in [-0.15, -0.1) is 0 Å². The molecule has 0 aliphatic carbocycles. The molecule has 0 aliphatic rings. The van der Waals surface area contributed by atoms with E-state index in [9.17, 15) is 4.79 Å². The van der Waals surface area contributed by atoms with Gasteiger partial charge in [0.1, 0.15) is 4.99 Å². The number of nitrogens with two attached hydrogens (primary N) is 2. The van der Waals surface area contributed by atoms with Gasteiger partial charge in [0.2, 0.25) is 0 Å². The molecule has 5 N–H and O–H groups in total. The van der Waals surface area contributed by atoms with Crippen LogP contribution in [0.5, 0.6) is 0 Å². The minimum Gasteiger partial charge on any atom is -0.478 e. The number of carboxylic acids is 1. The quantitative estimate of drug-likeness (QED) is 0.529. The summed E-state index contributed by atoms with van der Waals surface area (Å²) in [7, 11) is 0. The van der Waals surface area contributed by atoms with E-state index in [1.807, 2.05) is 6.92 Å². The number of hydrogen-bond acceptors (Lipinski definition) is 3. The van der Waals surface area contributed by atoms with E-state index in [2.05, 4.69) is 0 Å². The molecule has 0 unspecified atom stereocenters. The van der Waals surface area contributed by atoms with Gasteiger partial charge >= 0.3 is 5.97 Å². The first-order valence-corrected chi connectivity index (χ1v) is 4.84. The first kappa shape index (κ1) is 11.5. The van der Waals surface area contributed by atoms with Crippen molar-refractivity contribution in [2.45, 2.75) is 13.3 Å². The monoisotopic (exact) mass is 224 g/mol. The summed E-state index contributed by atoms with van der Waals surface area (Å²) >= 11 is 4.78. The van der Waals surface area contributed by atoms with E-state index in [0.29, 0.717) is 17.5 Å². The van der Waals surface area contributed by atoms with Crippen molar-refractivity contribution in [2.75, 3.05) is 5.73 Å². The molecule has 5 heteroatoms. The average molecular weight is 224 g/mol. The molecular formula is C10H12N2O2S. The highest BCUT2D eigenvalue weighted by Crippen LogP contribution is 2.22. The van der Waals surface area contributed by atoms with Crippen molar-refractivity contribution in [3.63, 3.8) is 0 Å². The third-order valence-corrected chi connectivity index (χ3v) is 2.41. The van der Waals surface area contributed by atoms with E-state index in [1.54, 1.807) is 12.1 Å². The second-order valence-electron chi connectivity index (χ2n) is 3.08. The number of carboxylic acid groups (broad SMARTS) is 1. The number of thiocarbonyl (C=S) groups is 1. The highest BCUT2D eigenvalue weighted by Gasteiger charge is 2.16. The van der Waals surface area contributed by atoms with Crippen LogP contribution < -0.4 is 11.5 Å². The summed E-state index contributed by atoms with van der Waals surface area (Å²) in [5.41, 5.74) is 12.5. The maximum Gasteiger partial charge on any atom is 0.338 e. The Labute approximate surface area is 92.9 Å².